The second-order valence-electron chi connectivity index (χ2n) is 4.52. The number of nitrogens with two attached hydrogens (primary N) is 1. The molecule has 0 unspecified atom stereocenters. The van der Waals surface area contributed by atoms with E-state index in [-0.39, 0.29) is 17.7 Å². The summed E-state index contributed by atoms with van der Waals surface area (Å²) in [4.78, 5) is 25.8. The minimum atomic E-state index is -0.264. The molecule has 18 heavy (non-hydrogen) atoms. The molecule has 0 atom stereocenters. The fourth-order valence-electron chi connectivity index (χ4n) is 2.19. The monoisotopic (exact) mass is 264 g/mol. The molecule has 4 nitrogen and oxygen atoms in total. The van der Waals surface area contributed by atoms with Gasteiger partial charge < -0.3 is 10.6 Å². The van der Waals surface area contributed by atoms with Gasteiger partial charge in [-0.15, -0.1) is 12.6 Å². The van der Waals surface area contributed by atoms with Crippen LogP contribution in [0.25, 0.3) is 0 Å². The first-order chi connectivity index (χ1) is 8.58. The number of carbonyl (C=O) groups excluding carboxylic acids is 2. The first kappa shape index (κ1) is 13.0. The number of carbonyl (C=O) groups is 2. The molecule has 0 aliphatic carbocycles. The third-order valence-corrected chi connectivity index (χ3v) is 3.56. The van der Waals surface area contributed by atoms with Gasteiger partial charge in [-0.1, -0.05) is 6.07 Å². The number of primary amides is 1. The first-order valence-corrected chi connectivity index (χ1v) is 6.40. The lowest BCUT2D eigenvalue weighted by atomic mass is 9.96. The lowest BCUT2D eigenvalue weighted by Crippen LogP contribution is -2.41. The standard InChI is InChI=1S/C13H16N2O2S/c14-12(16)9-4-6-15(7-5-9)13(17)10-2-1-3-11(18)8-10/h1-3,8-9,18H,4-7H2,(H2,14,16). The van der Waals surface area contributed by atoms with E-state index in [4.69, 9.17) is 5.73 Å². The van der Waals surface area contributed by atoms with Gasteiger partial charge in [0.1, 0.15) is 0 Å². The van der Waals surface area contributed by atoms with Crippen LogP contribution in [0, 0.1) is 5.92 Å². The second kappa shape index (κ2) is 5.44. The van der Waals surface area contributed by atoms with Crippen molar-refractivity contribution in [3.8, 4) is 0 Å². The van der Waals surface area contributed by atoms with Crippen LogP contribution in [0.15, 0.2) is 29.2 Å². The van der Waals surface area contributed by atoms with Gasteiger partial charge in [-0.2, -0.15) is 0 Å². The average Bonchev–Trinajstić information content (AvgIpc) is 2.38. The molecule has 1 aliphatic rings. The minimum Gasteiger partial charge on any atom is -0.369 e. The van der Waals surface area contributed by atoms with Crippen LogP contribution in [0.4, 0.5) is 0 Å². The normalized spacial score (nSPS) is 16.6. The van der Waals surface area contributed by atoms with Crippen LogP contribution in [0.5, 0.6) is 0 Å². The summed E-state index contributed by atoms with van der Waals surface area (Å²) in [5.41, 5.74) is 5.91. The van der Waals surface area contributed by atoms with E-state index in [0.717, 1.165) is 4.90 Å². The fraction of sp³-hybridized carbons (Fsp3) is 0.385. The molecule has 0 spiro atoms. The molecule has 1 heterocycles. The van der Waals surface area contributed by atoms with Crippen molar-refractivity contribution in [2.45, 2.75) is 17.7 Å². The molecular weight excluding hydrogens is 248 g/mol. The number of hydrogen-bond donors (Lipinski definition) is 2. The maximum atomic E-state index is 12.2. The number of hydrogen-bond acceptors (Lipinski definition) is 3. The Balaban J connectivity index is 2.02. The summed E-state index contributed by atoms with van der Waals surface area (Å²) in [5.74, 6) is -0.362. The highest BCUT2D eigenvalue weighted by Crippen LogP contribution is 2.19. The van der Waals surface area contributed by atoms with Crippen LogP contribution in [-0.2, 0) is 4.79 Å². The molecule has 5 heteroatoms. The van der Waals surface area contributed by atoms with Gasteiger partial charge in [0.25, 0.3) is 5.91 Å². The van der Waals surface area contributed by atoms with E-state index in [1.165, 1.54) is 0 Å². The number of amides is 2. The number of benzene rings is 1. The van der Waals surface area contributed by atoms with Crippen molar-refractivity contribution in [1.82, 2.24) is 4.90 Å². The van der Waals surface area contributed by atoms with Crippen LogP contribution in [0.2, 0.25) is 0 Å². The van der Waals surface area contributed by atoms with Gasteiger partial charge in [0.2, 0.25) is 5.91 Å². The molecule has 0 saturated carbocycles. The van der Waals surface area contributed by atoms with E-state index in [0.29, 0.717) is 31.5 Å². The second-order valence-corrected chi connectivity index (χ2v) is 5.04. The van der Waals surface area contributed by atoms with Crippen molar-refractivity contribution in [2.75, 3.05) is 13.1 Å². The summed E-state index contributed by atoms with van der Waals surface area (Å²) in [7, 11) is 0. The third-order valence-electron chi connectivity index (χ3n) is 3.28. The molecule has 0 radical (unpaired) electrons. The van der Waals surface area contributed by atoms with Gasteiger partial charge in [-0.25, -0.2) is 0 Å². The summed E-state index contributed by atoms with van der Waals surface area (Å²) < 4.78 is 0. The summed E-state index contributed by atoms with van der Waals surface area (Å²) in [5, 5.41) is 0. The van der Waals surface area contributed by atoms with E-state index < -0.39 is 0 Å². The maximum Gasteiger partial charge on any atom is 0.253 e. The average molecular weight is 264 g/mol. The topological polar surface area (TPSA) is 63.4 Å². The SMILES string of the molecule is NC(=O)C1CCN(C(=O)c2cccc(S)c2)CC1. The summed E-state index contributed by atoms with van der Waals surface area (Å²) in [6.07, 6.45) is 1.31. The number of rotatable bonds is 2. The zero-order chi connectivity index (χ0) is 13.1. The van der Waals surface area contributed by atoms with Gasteiger partial charge in [-0.05, 0) is 31.0 Å². The van der Waals surface area contributed by atoms with Crippen LogP contribution in [-0.4, -0.2) is 29.8 Å². The largest absolute Gasteiger partial charge is 0.369 e. The van der Waals surface area contributed by atoms with Crippen molar-refractivity contribution in [1.29, 1.82) is 0 Å². The molecule has 1 aromatic rings. The van der Waals surface area contributed by atoms with Crippen LogP contribution in [0.1, 0.15) is 23.2 Å². The van der Waals surface area contributed by atoms with Crippen LogP contribution >= 0.6 is 12.6 Å². The van der Waals surface area contributed by atoms with E-state index >= 15 is 0 Å². The molecule has 1 aromatic carbocycles. The highest BCUT2D eigenvalue weighted by atomic mass is 32.1. The smallest absolute Gasteiger partial charge is 0.253 e. The molecule has 1 saturated heterocycles. The molecular formula is C13H16N2O2S. The van der Waals surface area contributed by atoms with Gasteiger partial charge in [0.05, 0.1) is 0 Å². The molecule has 2 amide bonds. The van der Waals surface area contributed by atoms with Gasteiger partial charge in [0.15, 0.2) is 0 Å². The van der Waals surface area contributed by atoms with Crippen molar-refractivity contribution < 1.29 is 9.59 Å². The lowest BCUT2D eigenvalue weighted by Gasteiger charge is -2.30. The summed E-state index contributed by atoms with van der Waals surface area (Å²) in [6.45, 7) is 1.17. The number of likely N-dealkylation sites (tertiary alicyclic amines) is 1. The summed E-state index contributed by atoms with van der Waals surface area (Å²) in [6, 6.07) is 7.18. The van der Waals surface area contributed by atoms with Crippen molar-refractivity contribution in [3.63, 3.8) is 0 Å². The number of nitrogens with zero attached hydrogens (tertiary/aromatic N) is 1. The van der Waals surface area contributed by atoms with Crippen LogP contribution in [0.3, 0.4) is 0 Å². The number of piperidine rings is 1. The number of thiol groups is 1. The molecule has 2 rings (SSSR count). The van der Waals surface area contributed by atoms with E-state index in [2.05, 4.69) is 12.6 Å². The highest BCUT2D eigenvalue weighted by molar-refractivity contribution is 7.80. The van der Waals surface area contributed by atoms with Gasteiger partial charge in [0, 0.05) is 29.5 Å². The molecule has 96 valence electrons. The quantitative estimate of drug-likeness (QED) is 0.791. The van der Waals surface area contributed by atoms with E-state index in [1.54, 1.807) is 17.0 Å². The predicted octanol–water partition coefficient (Wildman–Crippen LogP) is 1.31. The first-order valence-electron chi connectivity index (χ1n) is 5.95. The van der Waals surface area contributed by atoms with Crippen molar-refractivity contribution in [3.05, 3.63) is 29.8 Å². The highest BCUT2D eigenvalue weighted by Gasteiger charge is 2.26. The Bertz CT molecular complexity index is 468. The lowest BCUT2D eigenvalue weighted by molar-refractivity contribution is -0.123. The predicted molar refractivity (Wildman–Crippen MR) is 71.5 cm³/mol. The Hall–Kier alpha value is -1.49. The minimum absolute atomic E-state index is 0.00572. The summed E-state index contributed by atoms with van der Waals surface area (Å²) >= 11 is 4.22. The van der Waals surface area contributed by atoms with E-state index in [9.17, 15) is 9.59 Å². The Morgan fingerprint density at radius 1 is 1.28 bits per heavy atom. The molecule has 2 N–H and O–H groups in total. The molecule has 0 aromatic heterocycles. The Kier molecular flexibility index (Phi) is 3.91. The Labute approximate surface area is 112 Å². The van der Waals surface area contributed by atoms with Crippen molar-refractivity contribution >= 4 is 24.4 Å². The molecule has 1 aliphatic heterocycles. The Morgan fingerprint density at radius 2 is 1.94 bits per heavy atom. The molecule has 0 bridgehead atoms. The van der Waals surface area contributed by atoms with Gasteiger partial charge in [-0.3, -0.25) is 9.59 Å². The zero-order valence-electron chi connectivity index (χ0n) is 10.0. The third kappa shape index (κ3) is 2.85. The fourth-order valence-corrected chi connectivity index (χ4v) is 2.41. The zero-order valence-corrected chi connectivity index (χ0v) is 10.9. The van der Waals surface area contributed by atoms with Crippen molar-refractivity contribution in [2.24, 2.45) is 11.7 Å². The Morgan fingerprint density at radius 3 is 2.50 bits per heavy atom. The van der Waals surface area contributed by atoms with Gasteiger partial charge >= 0.3 is 0 Å². The molecule has 1 fully saturated rings. The van der Waals surface area contributed by atoms with Crippen LogP contribution < -0.4 is 5.73 Å². The van der Waals surface area contributed by atoms with E-state index in [1.807, 2.05) is 12.1 Å². The maximum absolute atomic E-state index is 12.2.